The van der Waals surface area contributed by atoms with Crippen LogP contribution in [0.1, 0.15) is 5.76 Å². The van der Waals surface area contributed by atoms with Crippen LogP contribution in [-0.2, 0) is 17.1 Å². The van der Waals surface area contributed by atoms with E-state index in [0.29, 0.717) is 17.2 Å². The SMILES string of the molecule is O=[N+]([O-])c1ccc(-c2ncc([C]3[CH][CH][CH][CH]3)o2)cc1.[CH]1[CH][CH][CH][CH]1.[Fe+2]. The van der Waals surface area contributed by atoms with Crippen LogP contribution >= 0.6 is 0 Å². The molecule has 1 aromatic carbocycles. The van der Waals surface area contributed by atoms with Crippen LogP contribution in [0.2, 0.25) is 0 Å². The van der Waals surface area contributed by atoms with Crippen molar-refractivity contribution in [2.45, 2.75) is 0 Å². The van der Waals surface area contributed by atoms with Crippen LogP contribution in [-0.4, -0.2) is 9.91 Å². The first-order chi connectivity index (χ1) is 11.7. The van der Waals surface area contributed by atoms with E-state index in [1.54, 1.807) is 18.3 Å². The molecule has 0 amide bonds. The Labute approximate surface area is 158 Å². The molecular formula is C19H14FeN2O3+2. The Morgan fingerprint density at radius 1 is 0.880 bits per heavy atom. The number of benzene rings is 1. The summed E-state index contributed by atoms with van der Waals surface area (Å²) in [6.45, 7) is 0. The third-order valence-corrected chi connectivity index (χ3v) is 3.33. The molecule has 2 saturated carbocycles. The summed E-state index contributed by atoms with van der Waals surface area (Å²) in [4.78, 5) is 14.3. The number of nitrogens with zero attached hydrogens (tertiary/aromatic N) is 2. The first-order valence-corrected chi connectivity index (χ1v) is 7.33. The summed E-state index contributed by atoms with van der Waals surface area (Å²) >= 11 is 0. The van der Waals surface area contributed by atoms with Gasteiger partial charge in [0.25, 0.3) is 5.69 Å². The van der Waals surface area contributed by atoms with Gasteiger partial charge in [0.15, 0.2) is 0 Å². The largest absolute Gasteiger partial charge is 2.00 e. The summed E-state index contributed by atoms with van der Waals surface area (Å²) in [7, 11) is 0. The van der Waals surface area contributed by atoms with Crippen molar-refractivity contribution in [2.24, 2.45) is 0 Å². The summed E-state index contributed by atoms with van der Waals surface area (Å²) in [5.41, 5.74) is 0.759. The van der Waals surface area contributed by atoms with E-state index >= 15 is 0 Å². The van der Waals surface area contributed by atoms with Crippen molar-refractivity contribution in [2.75, 3.05) is 0 Å². The minimum absolute atomic E-state index is 0. The van der Waals surface area contributed by atoms with Gasteiger partial charge in [0, 0.05) is 17.7 Å². The van der Waals surface area contributed by atoms with E-state index in [-0.39, 0.29) is 22.8 Å². The van der Waals surface area contributed by atoms with Gasteiger partial charge in [-0.2, -0.15) is 0 Å². The van der Waals surface area contributed by atoms with E-state index < -0.39 is 4.92 Å². The minimum Gasteiger partial charge on any atom is -0.441 e. The number of nitro groups is 1. The monoisotopic (exact) mass is 374 g/mol. The van der Waals surface area contributed by atoms with E-state index in [1.807, 2.05) is 57.8 Å². The van der Waals surface area contributed by atoms with Crippen LogP contribution in [0.25, 0.3) is 11.5 Å². The quantitative estimate of drug-likeness (QED) is 0.462. The first-order valence-electron chi connectivity index (χ1n) is 7.33. The second kappa shape index (κ2) is 9.73. The van der Waals surface area contributed by atoms with Gasteiger partial charge in [0.05, 0.1) is 17.0 Å². The molecule has 1 aromatic heterocycles. The average molecular weight is 374 g/mol. The molecule has 2 aliphatic rings. The maximum atomic E-state index is 10.6. The molecule has 0 N–H and O–H groups in total. The smallest absolute Gasteiger partial charge is 0.441 e. The Kier molecular flexibility index (Phi) is 7.66. The zero-order chi connectivity index (χ0) is 16.8. The van der Waals surface area contributed by atoms with Crippen molar-refractivity contribution in [1.82, 2.24) is 4.98 Å². The molecule has 4 rings (SSSR count). The second-order valence-electron chi connectivity index (χ2n) is 4.97. The van der Waals surface area contributed by atoms with E-state index in [9.17, 15) is 10.1 Å². The van der Waals surface area contributed by atoms with Gasteiger partial charge in [0.1, 0.15) is 5.76 Å². The summed E-state index contributed by atoms with van der Waals surface area (Å²) in [5.74, 6) is 2.09. The molecule has 2 fully saturated rings. The topological polar surface area (TPSA) is 69.2 Å². The Morgan fingerprint density at radius 2 is 1.44 bits per heavy atom. The Bertz CT molecular complexity index is 652. The molecule has 6 heteroatoms. The number of aromatic nitrogens is 1. The van der Waals surface area contributed by atoms with Gasteiger partial charge in [-0.1, -0.05) is 0 Å². The summed E-state index contributed by atoms with van der Waals surface area (Å²) in [5, 5.41) is 10.6. The van der Waals surface area contributed by atoms with Crippen LogP contribution in [0.3, 0.4) is 0 Å². The number of oxazole rings is 1. The van der Waals surface area contributed by atoms with Crippen molar-refractivity contribution < 1.29 is 26.4 Å². The Hall–Kier alpha value is -1.65. The minimum atomic E-state index is -0.436. The van der Waals surface area contributed by atoms with Crippen molar-refractivity contribution in [1.29, 1.82) is 0 Å². The maximum Gasteiger partial charge on any atom is 2.00 e. The van der Waals surface area contributed by atoms with Gasteiger partial charge in [-0.15, -0.1) is 0 Å². The summed E-state index contributed by atoms with van der Waals surface area (Å²) < 4.78 is 5.63. The molecule has 1 heterocycles. The normalized spacial score (nSPS) is 16.8. The van der Waals surface area contributed by atoms with Crippen LogP contribution in [0.4, 0.5) is 5.69 Å². The fourth-order valence-corrected chi connectivity index (χ4v) is 2.13. The van der Waals surface area contributed by atoms with Gasteiger partial charge in [-0.3, -0.25) is 10.1 Å². The fourth-order valence-electron chi connectivity index (χ4n) is 2.13. The van der Waals surface area contributed by atoms with E-state index in [0.717, 1.165) is 5.92 Å². The van der Waals surface area contributed by atoms with Gasteiger partial charge in [0.2, 0.25) is 5.89 Å². The maximum absolute atomic E-state index is 10.6. The van der Waals surface area contributed by atoms with Gasteiger partial charge in [-0.25, -0.2) is 4.98 Å². The third kappa shape index (κ3) is 5.41. The van der Waals surface area contributed by atoms with Crippen LogP contribution in [0.15, 0.2) is 34.9 Å². The van der Waals surface area contributed by atoms with Gasteiger partial charge < -0.3 is 4.42 Å². The Morgan fingerprint density at radius 3 is 1.96 bits per heavy atom. The Balaban J connectivity index is 0.000000325. The van der Waals surface area contributed by atoms with E-state index in [2.05, 4.69) is 4.98 Å². The average Bonchev–Trinajstić information content (AvgIpc) is 3.38. The third-order valence-electron chi connectivity index (χ3n) is 3.33. The first kappa shape index (κ1) is 19.7. The molecule has 124 valence electrons. The van der Waals surface area contributed by atoms with Crippen molar-refractivity contribution >= 4 is 5.69 Å². The molecule has 0 spiro atoms. The molecule has 0 unspecified atom stereocenters. The van der Waals surface area contributed by atoms with E-state index in [1.165, 1.54) is 12.1 Å². The van der Waals surface area contributed by atoms with Crippen LogP contribution < -0.4 is 0 Å². The number of non-ortho nitro benzene ring substituents is 1. The molecule has 0 atom stereocenters. The van der Waals surface area contributed by atoms with Crippen molar-refractivity contribution in [3.8, 4) is 11.5 Å². The van der Waals surface area contributed by atoms with Crippen LogP contribution in [0, 0.1) is 73.8 Å². The zero-order valence-electron chi connectivity index (χ0n) is 13.1. The number of rotatable bonds is 3. The van der Waals surface area contributed by atoms with Gasteiger partial charge in [-0.05, 0) is 69.9 Å². The summed E-state index contributed by atoms with van der Waals surface area (Å²) in [6, 6.07) is 6.11. The van der Waals surface area contributed by atoms with Gasteiger partial charge >= 0.3 is 17.1 Å². The molecule has 0 bridgehead atoms. The zero-order valence-corrected chi connectivity index (χ0v) is 14.2. The summed E-state index contributed by atoms with van der Waals surface area (Å²) in [6.07, 6.45) is 19.3. The molecule has 2 aliphatic carbocycles. The molecule has 25 heavy (non-hydrogen) atoms. The van der Waals surface area contributed by atoms with E-state index in [4.69, 9.17) is 4.42 Å². The van der Waals surface area contributed by atoms with Crippen molar-refractivity contribution in [3.63, 3.8) is 0 Å². The predicted molar refractivity (Wildman–Crippen MR) is 89.6 cm³/mol. The molecule has 0 saturated heterocycles. The molecule has 5 nitrogen and oxygen atoms in total. The number of nitro benzene ring substituents is 1. The van der Waals surface area contributed by atoms with Crippen LogP contribution in [0.5, 0.6) is 0 Å². The molecule has 10 radical (unpaired) electrons. The predicted octanol–water partition coefficient (Wildman–Crippen LogP) is 4.02. The molecular weight excluding hydrogens is 360 g/mol. The fraction of sp³-hybridized carbons (Fsp3) is 0. The second-order valence-corrected chi connectivity index (χ2v) is 4.97. The number of hydrogen-bond donors (Lipinski definition) is 0. The van der Waals surface area contributed by atoms with Crippen molar-refractivity contribution in [3.05, 3.63) is 110 Å². The number of hydrogen-bond acceptors (Lipinski definition) is 4. The standard InChI is InChI=1S/C14H9N2O3.C5H5.Fe/c17-16(18)12-7-5-11(6-8-12)14-15-9-13(19-14)10-3-1-2-4-10;1-2-4-5-3-1;/h1-9H;1-5H;/q;;+2. The molecule has 2 aromatic rings. The molecule has 0 aliphatic heterocycles.